The van der Waals surface area contributed by atoms with Gasteiger partial charge in [-0.2, -0.15) is 4.99 Å². The Bertz CT molecular complexity index is 621. The number of urea groups is 1. The molecule has 1 aromatic rings. The fourth-order valence-corrected chi connectivity index (χ4v) is 2.47. The predicted octanol–water partition coefficient (Wildman–Crippen LogP) is 2.20. The zero-order valence-electron chi connectivity index (χ0n) is 11.1. The standard InChI is InChI=1S/C14H14ClN3O2/c1-4-8(2)18-12(13(16)17-14(18)19)11-9(15)6-5-7-10(11)20-3/h1,5-8,12H,2-3H3,(H2,16,17,19). The van der Waals surface area contributed by atoms with Crippen molar-refractivity contribution in [2.75, 3.05) is 7.11 Å². The number of nitrogens with two attached hydrogens (primary N) is 1. The van der Waals surface area contributed by atoms with Gasteiger partial charge in [0.1, 0.15) is 17.6 Å². The molecule has 2 N–H and O–H groups in total. The van der Waals surface area contributed by atoms with E-state index in [4.69, 9.17) is 28.5 Å². The largest absolute Gasteiger partial charge is 0.496 e. The highest BCUT2D eigenvalue weighted by Gasteiger charge is 2.39. The second kappa shape index (κ2) is 5.43. The number of aliphatic imine (C=N–C) groups is 1. The van der Waals surface area contributed by atoms with Crippen LogP contribution in [0.15, 0.2) is 23.2 Å². The average molecular weight is 292 g/mol. The third kappa shape index (κ3) is 2.19. The van der Waals surface area contributed by atoms with Crippen LogP contribution in [0.2, 0.25) is 5.02 Å². The highest BCUT2D eigenvalue weighted by atomic mass is 35.5. The molecule has 1 heterocycles. The molecule has 0 aliphatic carbocycles. The van der Waals surface area contributed by atoms with Crippen LogP contribution in [-0.4, -0.2) is 29.9 Å². The van der Waals surface area contributed by atoms with Crippen LogP contribution in [0.4, 0.5) is 4.79 Å². The van der Waals surface area contributed by atoms with Crippen LogP contribution in [0.5, 0.6) is 5.75 Å². The maximum absolute atomic E-state index is 12.0. The molecule has 1 aliphatic heterocycles. The van der Waals surface area contributed by atoms with Crippen molar-refractivity contribution in [2.24, 2.45) is 10.7 Å². The van der Waals surface area contributed by atoms with Crippen molar-refractivity contribution in [1.82, 2.24) is 4.90 Å². The van der Waals surface area contributed by atoms with E-state index in [1.54, 1.807) is 25.1 Å². The Hall–Kier alpha value is -2.19. The van der Waals surface area contributed by atoms with Crippen LogP contribution in [0, 0.1) is 12.3 Å². The molecule has 6 heteroatoms. The summed E-state index contributed by atoms with van der Waals surface area (Å²) in [4.78, 5) is 17.2. The summed E-state index contributed by atoms with van der Waals surface area (Å²) in [5, 5.41) is 0.441. The monoisotopic (exact) mass is 291 g/mol. The van der Waals surface area contributed by atoms with Crippen LogP contribution >= 0.6 is 11.6 Å². The average Bonchev–Trinajstić information content (AvgIpc) is 2.72. The number of amidine groups is 1. The van der Waals surface area contributed by atoms with E-state index < -0.39 is 18.1 Å². The minimum atomic E-state index is -0.614. The fourth-order valence-electron chi connectivity index (χ4n) is 2.20. The fraction of sp³-hybridized carbons (Fsp3) is 0.286. The van der Waals surface area contributed by atoms with Crippen LogP contribution in [0.25, 0.3) is 0 Å². The normalized spacial score (nSPS) is 19.5. The Balaban J connectivity index is 2.58. The lowest BCUT2D eigenvalue weighted by atomic mass is 10.0. The summed E-state index contributed by atoms with van der Waals surface area (Å²) in [7, 11) is 1.52. The molecule has 0 aromatic heterocycles. The van der Waals surface area contributed by atoms with Gasteiger partial charge in [0.15, 0.2) is 0 Å². The Morgan fingerprint density at radius 2 is 2.30 bits per heavy atom. The third-order valence-corrected chi connectivity index (χ3v) is 3.50. The van der Waals surface area contributed by atoms with Gasteiger partial charge >= 0.3 is 6.03 Å². The maximum atomic E-state index is 12.0. The molecule has 0 bridgehead atoms. The summed E-state index contributed by atoms with van der Waals surface area (Å²) in [6.07, 6.45) is 5.41. The first-order chi connectivity index (χ1) is 9.51. The molecule has 0 saturated heterocycles. The van der Waals surface area contributed by atoms with Gasteiger partial charge in [-0.1, -0.05) is 23.6 Å². The van der Waals surface area contributed by atoms with Crippen molar-refractivity contribution in [3.63, 3.8) is 0 Å². The second-order valence-corrected chi connectivity index (χ2v) is 4.73. The Morgan fingerprint density at radius 3 is 2.90 bits per heavy atom. The minimum absolute atomic E-state index is 0.156. The number of carbonyl (C=O) groups is 1. The number of carbonyl (C=O) groups excluding carboxylic acids is 1. The Kier molecular flexibility index (Phi) is 3.86. The van der Waals surface area contributed by atoms with Crippen molar-refractivity contribution >= 4 is 23.5 Å². The van der Waals surface area contributed by atoms with E-state index in [1.807, 2.05) is 0 Å². The van der Waals surface area contributed by atoms with Gasteiger partial charge in [-0.25, -0.2) is 4.79 Å². The Labute approximate surface area is 122 Å². The van der Waals surface area contributed by atoms with E-state index in [2.05, 4.69) is 10.9 Å². The molecule has 0 fully saturated rings. The summed E-state index contributed by atoms with van der Waals surface area (Å²) < 4.78 is 5.30. The number of methoxy groups -OCH3 is 1. The number of amides is 2. The lowest BCUT2D eigenvalue weighted by Crippen LogP contribution is -2.39. The van der Waals surface area contributed by atoms with Gasteiger partial charge in [-0.05, 0) is 19.1 Å². The number of hydrogen-bond acceptors (Lipinski definition) is 3. The summed E-state index contributed by atoms with van der Waals surface area (Å²) in [6, 6.07) is 3.66. The molecule has 0 radical (unpaired) electrons. The third-order valence-electron chi connectivity index (χ3n) is 3.17. The molecule has 20 heavy (non-hydrogen) atoms. The number of ether oxygens (including phenoxy) is 1. The molecule has 104 valence electrons. The zero-order chi connectivity index (χ0) is 14.9. The van der Waals surface area contributed by atoms with Crippen molar-refractivity contribution in [3.8, 4) is 18.1 Å². The van der Waals surface area contributed by atoms with Gasteiger partial charge in [-0.15, -0.1) is 6.42 Å². The molecule has 0 saturated carbocycles. The molecule has 2 atom stereocenters. The number of hydrogen-bond donors (Lipinski definition) is 1. The number of halogens is 1. The van der Waals surface area contributed by atoms with Crippen molar-refractivity contribution < 1.29 is 9.53 Å². The summed E-state index contributed by atoms with van der Waals surface area (Å²) in [6.45, 7) is 1.72. The minimum Gasteiger partial charge on any atom is -0.496 e. The van der Waals surface area contributed by atoms with Gasteiger partial charge in [0, 0.05) is 5.56 Å². The molecule has 1 aromatic carbocycles. The van der Waals surface area contributed by atoms with Gasteiger partial charge in [0.2, 0.25) is 0 Å². The first-order valence-corrected chi connectivity index (χ1v) is 6.34. The van der Waals surface area contributed by atoms with Crippen molar-refractivity contribution in [3.05, 3.63) is 28.8 Å². The quantitative estimate of drug-likeness (QED) is 0.868. The molecule has 2 rings (SSSR count). The molecule has 1 aliphatic rings. The predicted molar refractivity (Wildman–Crippen MR) is 77.9 cm³/mol. The Morgan fingerprint density at radius 1 is 1.60 bits per heavy atom. The first kappa shape index (κ1) is 14.2. The van der Waals surface area contributed by atoms with Gasteiger partial charge in [0.25, 0.3) is 0 Å². The summed E-state index contributed by atoms with van der Waals surface area (Å²) in [5.41, 5.74) is 6.47. The maximum Gasteiger partial charge on any atom is 0.347 e. The molecular weight excluding hydrogens is 278 g/mol. The van der Waals surface area contributed by atoms with E-state index in [0.29, 0.717) is 16.3 Å². The zero-order valence-corrected chi connectivity index (χ0v) is 11.9. The summed E-state index contributed by atoms with van der Waals surface area (Å²) in [5.74, 6) is 3.19. The van der Waals surface area contributed by atoms with E-state index in [-0.39, 0.29) is 5.84 Å². The first-order valence-electron chi connectivity index (χ1n) is 5.96. The SMILES string of the molecule is C#CC(C)N1C(=O)N=C(N)C1c1c(Cl)cccc1OC. The highest BCUT2D eigenvalue weighted by Crippen LogP contribution is 2.38. The highest BCUT2D eigenvalue weighted by molar-refractivity contribution is 6.32. The second-order valence-electron chi connectivity index (χ2n) is 4.33. The molecular formula is C14H14ClN3O2. The lowest BCUT2D eigenvalue weighted by Gasteiger charge is -2.28. The molecule has 2 amide bonds. The topological polar surface area (TPSA) is 67.9 Å². The lowest BCUT2D eigenvalue weighted by molar-refractivity contribution is 0.198. The molecule has 5 nitrogen and oxygen atoms in total. The van der Waals surface area contributed by atoms with E-state index in [0.717, 1.165) is 0 Å². The van der Waals surface area contributed by atoms with Crippen molar-refractivity contribution in [2.45, 2.75) is 19.0 Å². The van der Waals surface area contributed by atoms with Crippen LogP contribution in [0.3, 0.4) is 0 Å². The van der Waals surface area contributed by atoms with Crippen LogP contribution < -0.4 is 10.5 Å². The smallest absolute Gasteiger partial charge is 0.347 e. The van der Waals surface area contributed by atoms with E-state index in [9.17, 15) is 4.79 Å². The van der Waals surface area contributed by atoms with Crippen molar-refractivity contribution in [1.29, 1.82) is 0 Å². The van der Waals surface area contributed by atoms with Gasteiger partial charge in [0.05, 0.1) is 18.2 Å². The molecule has 0 spiro atoms. The van der Waals surface area contributed by atoms with Crippen LogP contribution in [-0.2, 0) is 0 Å². The number of rotatable bonds is 3. The number of terminal acetylenes is 1. The summed E-state index contributed by atoms with van der Waals surface area (Å²) >= 11 is 6.23. The van der Waals surface area contributed by atoms with E-state index >= 15 is 0 Å². The van der Waals surface area contributed by atoms with Gasteiger partial charge in [-0.3, -0.25) is 4.90 Å². The number of benzene rings is 1. The molecule has 2 unspecified atom stereocenters. The van der Waals surface area contributed by atoms with Gasteiger partial charge < -0.3 is 10.5 Å². The number of nitrogens with zero attached hydrogens (tertiary/aromatic N) is 2. The van der Waals surface area contributed by atoms with Crippen LogP contribution in [0.1, 0.15) is 18.5 Å². The van der Waals surface area contributed by atoms with E-state index in [1.165, 1.54) is 12.0 Å².